The summed E-state index contributed by atoms with van der Waals surface area (Å²) in [7, 11) is 0. The van der Waals surface area contributed by atoms with Crippen LogP contribution in [0.5, 0.6) is 5.75 Å². The molecule has 0 heterocycles. The molecule has 0 fully saturated rings. The van der Waals surface area contributed by atoms with Crippen LogP contribution >= 0.6 is 15.9 Å². The Hall–Kier alpha value is -0.580. The molecule has 0 aliphatic heterocycles. The predicted octanol–water partition coefficient (Wildman–Crippen LogP) is 3.41. The number of aliphatic hydroxyl groups excluding tert-OH is 1. The fourth-order valence-electron chi connectivity index (χ4n) is 1.74. The van der Waals surface area contributed by atoms with Gasteiger partial charge in [-0.05, 0) is 45.4 Å². The summed E-state index contributed by atoms with van der Waals surface area (Å²) in [6.45, 7) is 9.93. The van der Waals surface area contributed by atoms with Crippen LogP contribution in [-0.2, 0) is 6.54 Å². The van der Waals surface area contributed by atoms with Gasteiger partial charge in [-0.25, -0.2) is 0 Å². The number of rotatable bonds is 6. The van der Waals surface area contributed by atoms with E-state index >= 15 is 0 Å². The third kappa shape index (κ3) is 5.93. The smallest absolute Gasteiger partial charge is 0.126 e. The van der Waals surface area contributed by atoms with Crippen LogP contribution in [0.25, 0.3) is 0 Å². The molecule has 1 rings (SSSR count). The van der Waals surface area contributed by atoms with E-state index in [4.69, 9.17) is 9.84 Å². The van der Waals surface area contributed by atoms with E-state index in [0.29, 0.717) is 13.0 Å². The first kappa shape index (κ1) is 16.5. The van der Waals surface area contributed by atoms with Gasteiger partial charge in [0.2, 0.25) is 0 Å². The Bertz CT molecular complexity index is 413. The van der Waals surface area contributed by atoms with Crippen molar-refractivity contribution in [2.45, 2.75) is 46.2 Å². The van der Waals surface area contributed by atoms with E-state index in [1.54, 1.807) is 0 Å². The summed E-state index contributed by atoms with van der Waals surface area (Å²) in [6.07, 6.45) is 0.654. The number of hydrogen-bond donors (Lipinski definition) is 2. The van der Waals surface area contributed by atoms with Gasteiger partial charge in [-0.3, -0.25) is 0 Å². The van der Waals surface area contributed by atoms with Crippen molar-refractivity contribution < 1.29 is 9.84 Å². The summed E-state index contributed by atoms with van der Waals surface area (Å²) in [5.41, 5.74) is 2.32. The molecule has 1 aromatic carbocycles. The minimum absolute atomic E-state index is 0.0680. The monoisotopic (exact) mass is 329 g/mol. The minimum Gasteiger partial charge on any atom is -0.493 e. The summed E-state index contributed by atoms with van der Waals surface area (Å²) < 4.78 is 6.87. The molecule has 0 aliphatic carbocycles. The Labute approximate surface area is 124 Å². The van der Waals surface area contributed by atoms with Crippen LogP contribution in [0.2, 0.25) is 0 Å². The largest absolute Gasteiger partial charge is 0.493 e. The second kappa shape index (κ2) is 7.27. The third-order valence-corrected chi connectivity index (χ3v) is 3.13. The number of benzene rings is 1. The number of hydrogen-bond acceptors (Lipinski definition) is 3. The summed E-state index contributed by atoms with van der Waals surface area (Å²) >= 11 is 3.53. The van der Waals surface area contributed by atoms with Crippen molar-refractivity contribution in [3.05, 3.63) is 27.7 Å². The molecule has 4 heteroatoms. The number of halogens is 1. The molecule has 108 valence electrons. The van der Waals surface area contributed by atoms with Gasteiger partial charge in [-0.15, -0.1) is 0 Å². The van der Waals surface area contributed by atoms with Crippen molar-refractivity contribution in [3.8, 4) is 5.75 Å². The number of aliphatic hydroxyl groups is 1. The summed E-state index contributed by atoms with van der Waals surface area (Å²) in [5.74, 6) is 0.924. The molecule has 0 unspecified atom stereocenters. The third-order valence-electron chi connectivity index (χ3n) is 2.67. The lowest BCUT2D eigenvalue weighted by molar-refractivity contribution is 0.231. The highest BCUT2D eigenvalue weighted by Gasteiger charge is 2.13. The fraction of sp³-hybridized carbons (Fsp3) is 0.600. The lowest BCUT2D eigenvalue weighted by Crippen LogP contribution is -2.35. The topological polar surface area (TPSA) is 41.5 Å². The van der Waals surface area contributed by atoms with Crippen LogP contribution in [0.3, 0.4) is 0 Å². The van der Waals surface area contributed by atoms with Crippen LogP contribution in [-0.4, -0.2) is 23.9 Å². The van der Waals surface area contributed by atoms with Gasteiger partial charge >= 0.3 is 0 Å². The molecule has 0 saturated heterocycles. The standard InChI is InChI=1S/C15H24BrNO2/c1-11-8-13(16)9-12(10-17-15(2,3)4)14(11)19-7-5-6-18/h8-9,17-18H,5-7,10H2,1-4H3. The molecule has 0 amide bonds. The molecule has 3 nitrogen and oxygen atoms in total. The second-order valence-corrected chi connectivity index (χ2v) is 6.66. The summed E-state index contributed by atoms with van der Waals surface area (Å²) in [5, 5.41) is 12.3. The van der Waals surface area contributed by atoms with E-state index in [9.17, 15) is 0 Å². The first-order valence-corrected chi connectivity index (χ1v) is 7.40. The molecule has 1 aromatic rings. The van der Waals surface area contributed by atoms with Crippen molar-refractivity contribution in [3.63, 3.8) is 0 Å². The Morgan fingerprint density at radius 2 is 2.00 bits per heavy atom. The van der Waals surface area contributed by atoms with Crippen LogP contribution in [0.1, 0.15) is 38.3 Å². The number of ether oxygens (including phenoxy) is 1. The molecule has 19 heavy (non-hydrogen) atoms. The number of aryl methyl sites for hydroxylation is 1. The highest BCUT2D eigenvalue weighted by molar-refractivity contribution is 9.10. The Kier molecular flexibility index (Phi) is 6.30. The van der Waals surface area contributed by atoms with E-state index in [0.717, 1.165) is 27.9 Å². The Morgan fingerprint density at radius 1 is 1.32 bits per heavy atom. The van der Waals surface area contributed by atoms with Crippen LogP contribution in [0, 0.1) is 6.92 Å². The lowest BCUT2D eigenvalue weighted by Gasteiger charge is -2.22. The average molecular weight is 330 g/mol. The average Bonchev–Trinajstić information content (AvgIpc) is 2.28. The van der Waals surface area contributed by atoms with Crippen molar-refractivity contribution in [2.75, 3.05) is 13.2 Å². The van der Waals surface area contributed by atoms with E-state index in [2.05, 4.69) is 54.2 Å². The summed E-state index contributed by atoms with van der Waals surface area (Å²) in [6, 6.07) is 4.13. The highest BCUT2D eigenvalue weighted by atomic mass is 79.9. The lowest BCUT2D eigenvalue weighted by atomic mass is 10.1. The molecule has 0 radical (unpaired) electrons. The first-order valence-electron chi connectivity index (χ1n) is 6.61. The van der Waals surface area contributed by atoms with E-state index < -0.39 is 0 Å². The zero-order valence-electron chi connectivity index (χ0n) is 12.2. The quantitative estimate of drug-likeness (QED) is 0.786. The molecular weight excluding hydrogens is 306 g/mol. The van der Waals surface area contributed by atoms with Gasteiger partial charge in [0.1, 0.15) is 5.75 Å². The Balaban J connectivity index is 2.86. The van der Waals surface area contributed by atoms with E-state index in [1.807, 2.05) is 6.92 Å². The van der Waals surface area contributed by atoms with Gasteiger partial charge in [-0.1, -0.05) is 15.9 Å². The molecule has 0 atom stereocenters. The number of nitrogens with one attached hydrogen (secondary N) is 1. The zero-order valence-corrected chi connectivity index (χ0v) is 13.8. The van der Waals surface area contributed by atoms with Crippen molar-refractivity contribution in [1.82, 2.24) is 5.32 Å². The molecule has 0 bridgehead atoms. The van der Waals surface area contributed by atoms with E-state index in [1.165, 1.54) is 0 Å². The van der Waals surface area contributed by atoms with Crippen LogP contribution in [0.4, 0.5) is 0 Å². The molecule has 0 aromatic heterocycles. The maximum atomic E-state index is 8.84. The van der Waals surface area contributed by atoms with Gasteiger partial charge in [0, 0.05) is 35.1 Å². The van der Waals surface area contributed by atoms with E-state index in [-0.39, 0.29) is 12.1 Å². The Morgan fingerprint density at radius 3 is 2.58 bits per heavy atom. The van der Waals surface area contributed by atoms with Gasteiger partial charge in [0.25, 0.3) is 0 Å². The highest BCUT2D eigenvalue weighted by Crippen LogP contribution is 2.28. The van der Waals surface area contributed by atoms with Crippen LogP contribution in [0.15, 0.2) is 16.6 Å². The maximum absolute atomic E-state index is 8.84. The molecule has 0 aliphatic rings. The van der Waals surface area contributed by atoms with Crippen molar-refractivity contribution >= 4 is 15.9 Å². The normalized spacial score (nSPS) is 11.7. The SMILES string of the molecule is Cc1cc(Br)cc(CNC(C)(C)C)c1OCCCO. The first-order chi connectivity index (χ1) is 8.83. The summed E-state index contributed by atoms with van der Waals surface area (Å²) in [4.78, 5) is 0. The van der Waals surface area contributed by atoms with Gasteiger partial charge in [0.05, 0.1) is 6.61 Å². The minimum atomic E-state index is 0.0680. The molecular formula is C15H24BrNO2. The molecule has 0 spiro atoms. The second-order valence-electron chi connectivity index (χ2n) is 5.74. The van der Waals surface area contributed by atoms with Gasteiger partial charge < -0.3 is 15.2 Å². The zero-order chi connectivity index (χ0) is 14.5. The van der Waals surface area contributed by atoms with Gasteiger partial charge in [-0.2, -0.15) is 0 Å². The van der Waals surface area contributed by atoms with Crippen molar-refractivity contribution in [2.24, 2.45) is 0 Å². The molecule has 0 saturated carbocycles. The van der Waals surface area contributed by atoms with Gasteiger partial charge in [0.15, 0.2) is 0 Å². The predicted molar refractivity (Wildman–Crippen MR) is 82.7 cm³/mol. The fourth-order valence-corrected chi connectivity index (χ4v) is 2.36. The maximum Gasteiger partial charge on any atom is 0.126 e. The van der Waals surface area contributed by atoms with Crippen LogP contribution < -0.4 is 10.1 Å². The molecule has 2 N–H and O–H groups in total. The van der Waals surface area contributed by atoms with Crippen molar-refractivity contribution in [1.29, 1.82) is 0 Å².